The maximum Gasteiger partial charge on any atom is 0.451 e. The quantitative estimate of drug-likeness (QED) is 0.419. The van der Waals surface area contributed by atoms with Gasteiger partial charge in [-0.25, -0.2) is 9.98 Å². The number of halogens is 3. The summed E-state index contributed by atoms with van der Waals surface area (Å²) >= 11 is 0. The standard InChI is InChI=1S/C6H7F3N2/c1-3-4-11-5(10-2)6(7,8)9/h3-4H,2H2,1H3/b4-3-,11-5-. The van der Waals surface area contributed by atoms with Crippen molar-refractivity contribution in [2.45, 2.75) is 13.1 Å². The fourth-order valence-electron chi connectivity index (χ4n) is 0.349. The van der Waals surface area contributed by atoms with Crippen LogP contribution in [0.2, 0.25) is 0 Å². The molecule has 11 heavy (non-hydrogen) atoms. The molecular formula is C6H7F3N2. The van der Waals surface area contributed by atoms with E-state index in [2.05, 4.69) is 16.7 Å². The van der Waals surface area contributed by atoms with Crippen molar-refractivity contribution in [3.05, 3.63) is 12.3 Å². The first-order chi connectivity index (χ1) is 5.02. The predicted octanol–water partition coefficient (Wildman–Crippen LogP) is 2.18. The molecule has 5 heteroatoms. The highest BCUT2D eigenvalue weighted by atomic mass is 19.4. The zero-order valence-corrected chi connectivity index (χ0v) is 5.89. The van der Waals surface area contributed by atoms with Gasteiger partial charge >= 0.3 is 6.18 Å². The van der Waals surface area contributed by atoms with Gasteiger partial charge < -0.3 is 0 Å². The average molecular weight is 164 g/mol. The smallest absolute Gasteiger partial charge is 0.241 e. The van der Waals surface area contributed by atoms with Gasteiger partial charge in [-0.2, -0.15) is 13.2 Å². The Kier molecular flexibility index (Phi) is 3.50. The summed E-state index contributed by atoms with van der Waals surface area (Å²) < 4.78 is 35.2. The van der Waals surface area contributed by atoms with Crippen molar-refractivity contribution in [2.24, 2.45) is 9.98 Å². The van der Waals surface area contributed by atoms with Crippen LogP contribution in [0.4, 0.5) is 13.2 Å². The molecule has 0 aromatic carbocycles. The molecule has 0 spiro atoms. The molecule has 62 valence electrons. The number of nitrogens with zero attached hydrogens (tertiary/aromatic N) is 2. The highest BCUT2D eigenvalue weighted by molar-refractivity contribution is 5.91. The molecule has 0 aliphatic heterocycles. The molecule has 0 aliphatic carbocycles. The zero-order valence-electron chi connectivity index (χ0n) is 5.89. The Morgan fingerprint density at radius 3 is 2.27 bits per heavy atom. The monoisotopic (exact) mass is 164 g/mol. The first-order valence-corrected chi connectivity index (χ1v) is 2.75. The molecule has 0 bridgehead atoms. The maximum atomic E-state index is 11.7. The Bertz CT molecular complexity index is 190. The summed E-state index contributed by atoms with van der Waals surface area (Å²) in [6.07, 6.45) is -2.13. The molecule has 0 N–H and O–H groups in total. The van der Waals surface area contributed by atoms with Crippen LogP contribution in [0.1, 0.15) is 6.92 Å². The Morgan fingerprint density at radius 1 is 1.45 bits per heavy atom. The molecule has 0 saturated heterocycles. The predicted molar refractivity (Wildman–Crippen MR) is 37.9 cm³/mol. The van der Waals surface area contributed by atoms with Gasteiger partial charge in [0.2, 0.25) is 5.84 Å². The van der Waals surface area contributed by atoms with Gasteiger partial charge in [0.15, 0.2) is 0 Å². The maximum absolute atomic E-state index is 11.7. The number of hydrogen-bond acceptors (Lipinski definition) is 1. The van der Waals surface area contributed by atoms with Crippen LogP contribution in [0.25, 0.3) is 0 Å². The number of amidine groups is 1. The lowest BCUT2D eigenvalue weighted by Crippen LogP contribution is -2.20. The van der Waals surface area contributed by atoms with Gasteiger partial charge in [-0.1, -0.05) is 6.08 Å². The summed E-state index contributed by atoms with van der Waals surface area (Å²) in [6, 6.07) is 0. The Balaban J connectivity index is 4.53. The number of allylic oxidation sites excluding steroid dienone is 1. The molecule has 0 aliphatic rings. The number of alkyl halides is 3. The summed E-state index contributed by atoms with van der Waals surface area (Å²) in [4.78, 5) is 5.73. The van der Waals surface area contributed by atoms with Crippen molar-refractivity contribution < 1.29 is 13.2 Å². The number of rotatable bonds is 1. The summed E-state index contributed by atoms with van der Waals surface area (Å²) in [5, 5.41) is 0. The van der Waals surface area contributed by atoms with E-state index in [1.54, 1.807) is 6.92 Å². The Hall–Kier alpha value is -1.13. The van der Waals surface area contributed by atoms with Crippen LogP contribution in [0.15, 0.2) is 22.3 Å². The van der Waals surface area contributed by atoms with Crippen LogP contribution < -0.4 is 0 Å². The third-order valence-corrected chi connectivity index (χ3v) is 0.749. The minimum Gasteiger partial charge on any atom is -0.241 e. The van der Waals surface area contributed by atoms with E-state index in [-0.39, 0.29) is 0 Å². The normalized spacial score (nSPS) is 14.0. The van der Waals surface area contributed by atoms with E-state index in [0.29, 0.717) is 0 Å². The van der Waals surface area contributed by atoms with Crippen LogP contribution in [0, 0.1) is 0 Å². The molecule has 0 heterocycles. The second-order valence-electron chi connectivity index (χ2n) is 1.59. The zero-order chi connectivity index (χ0) is 8.91. The summed E-state index contributed by atoms with van der Waals surface area (Å²) in [5.41, 5.74) is 0. The van der Waals surface area contributed by atoms with E-state index in [9.17, 15) is 13.2 Å². The Morgan fingerprint density at radius 2 is 2.00 bits per heavy atom. The Labute approximate surface area is 62.2 Å². The van der Waals surface area contributed by atoms with Gasteiger partial charge in [0.1, 0.15) is 0 Å². The van der Waals surface area contributed by atoms with Crippen LogP contribution in [0.3, 0.4) is 0 Å². The van der Waals surface area contributed by atoms with Crippen LogP contribution in [0.5, 0.6) is 0 Å². The lowest BCUT2D eigenvalue weighted by atomic mass is 10.6. The number of hydrogen-bond donors (Lipinski definition) is 0. The van der Waals surface area contributed by atoms with E-state index < -0.39 is 12.0 Å². The van der Waals surface area contributed by atoms with Crippen molar-refractivity contribution in [3.63, 3.8) is 0 Å². The molecule has 0 atom stereocenters. The third-order valence-electron chi connectivity index (χ3n) is 0.749. The highest BCUT2D eigenvalue weighted by Crippen LogP contribution is 2.17. The van der Waals surface area contributed by atoms with Crippen molar-refractivity contribution >= 4 is 12.6 Å². The van der Waals surface area contributed by atoms with Gasteiger partial charge in [0.05, 0.1) is 0 Å². The number of aliphatic imine (C=N–C) groups is 2. The van der Waals surface area contributed by atoms with Gasteiger partial charge in [-0.15, -0.1) is 0 Å². The highest BCUT2D eigenvalue weighted by Gasteiger charge is 2.34. The van der Waals surface area contributed by atoms with Crippen molar-refractivity contribution in [3.8, 4) is 0 Å². The van der Waals surface area contributed by atoms with Gasteiger partial charge in [0, 0.05) is 6.20 Å². The van der Waals surface area contributed by atoms with Crippen LogP contribution >= 0.6 is 0 Å². The summed E-state index contributed by atoms with van der Waals surface area (Å²) in [6.45, 7) is 4.30. The molecule has 0 saturated carbocycles. The van der Waals surface area contributed by atoms with Crippen LogP contribution in [-0.4, -0.2) is 18.7 Å². The van der Waals surface area contributed by atoms with Gasteiger partial charge in [-0.05, 0) is 13.6 Å². The van der Waals surface area contributed by atoms with Gasteiger partial charge in [0.25, 0.3) is 0 Å². The molecule has 0 aromatic heterocycles. The molecule has 0 rings (SSSR count). The summed E-state index contributed by atoms with van der Waals surface area (Å²) in [7, 11) is 0. The van der Waals surface area contributed by atoms with E-state index in [4.69, 9.17) is 0 Å². The van der Waals surface area contributed by atoms with Crippen molar-refractivity contribution in [1.82, 2.24) is 0 Å². The molecule has 0 aromatic rings. The third kappa shape index (κ3) is 3.54. The minimum atomic E-state index is -4.51. The van der Waals surface area contributed by atoms with E-state index >= 15 is 0 Å². The molecule has 2 nitrogen and oxygen atoms in total. The molecule has 0 unspecified atom stereocenters. The second kappa shape index (κ2) is 3.90. The first kappa shape index (κ1) is 9.87. The molecule has 0 fully saturated rings. The lowest BCUT2D eigenvalue weighted by Gasteiger charge is -2.02. The lowest BCUT2D eigenvalue weighted by molar-refractivity contribution is -0.0596. The van der Waals surface area contributed by atoms with E-state index in [1.165, 1.54) is 6.08 Å². The minimum absolute atomic E-state index is 1.01. The first-order valence-electron chi connectivity index (χ1n) is 2.75. The van der Waals surface area contributed by atoms with Crippen LogP contribution in [-0.2, 0) is 0 Å². The molecule has 0 radical (unpaired) electrons. The summed E-state index contributed by atoms with van der Waals surface area (Å²) in [5.74, 6) is -1.23. The SMILES string of the molecule is C=N/C(=N\C=C/C)C(F)(F)F. The van der Waals surface area contributed by atoms with Crippen molar-refractivity contribution in [2.75, 3.05) is 0 Å². The van der Waals surface area contributed by atoms with E-state index in [0.717, 1.165) is 6.20 Å². The van der Waals surface area contributed by atoms with Gasteiger partial charge in [-0.3, -0.25) is 0 Å². The topological polar surface area (TPSA) is 24.7 Å². The molecule has 0 amide bonds. The second-order valence-corrected chi connectivity index (χ2v) is 1.59. The molecular weight excluding hydrogens is 157 g/mol. The average Bonchev–Trinajstić information content (AvgIpc) is 1.87. The fourth-order valence-corrected chi connectivity index (χ4v) is 0.349. The van der Waals surface area contributed by atoms with E-state index in [1.807, 2.05) is 0 Å². The largest absolute Gasteiger partial charge is 0.451 e. The van der Waals surface area contributed by atoms with Crippen molar-refractivity contribution in [1.29, 1.82) is 0 Å². The fraction of sp³-hybridized carbons (Fsp3) is 0.333.